The molecule has 1 heterocycles. The first-order valence-corrected chi connectivity index (χ1v) is 4.06. The lowest BCUT2D eigenvalue weighted by Gasteiger charge is -2.24. The minimum Gasteiger partial charge on any atom is -0.478 e. The Labute approximate surface area is 95.8 Å². The molecule has 0 radical (unpaired) electrons. The van der Waals surface area contributed by atoms with E-state index in [9.17, 15) is 9.59 Å². The highest BCUT2D eigenvalue weighted by atomic mass is 16.4. The molecule has 8 N–H and O–H groups in total. The Morgan fingerprint density at radius 1 is 1.24 bits per heavy atom. The molecule has 10 heteroatoms. The molecule has 1 aliphatic rings. The predicted octanol–water partition coefficient (Wildman–Crippen LogP) is -2.24. The second kappa shape index (κ2) is 6.81. The van der Waals surface area contributed by atoms with Gasteiger partial charge in [0.25, 0.3) is 0 Å². The molecule has 0 spiro atoms. The summed E-state index contributed by atoms with van der Waals surface area (Å²) in [6.07, 6.45) is 3.97. The van der Waals surface area contributed by atoms with E-state index in [0.29, 0.717) is 17.8 Å². The lowest BCUT2D eigenvalue weighted by molar-refractivity contribution is -0.134. The molecule has 0 saturated heterocycles. The lowest BCUT2D eigenvalue weighted by Crippen LogP contribution is -2.47. The summed E-state index contributed by atoms with van der Waals surface area (Å²) >= 11 is 0. The third kappa shape index (κ3) is 7.35. The van der Waals surface area contributed by atoms with Crippen molar-refractivity contribution in [1.82, 2.24) is 10.3 Å². The van der Waals surface area contributed by atoms with Gasteiger partial charge in [-0.3, -0.25) is 0 Å². The number of aliphatic carboxylic acids is 2. The standard InChI is InChI=1S/C4H4O4.C3H8N6/c5-3(6)1-2-4(7)8;4-3-1-7-9(6)8(5)2-3/h1-2H,(H,5,6)(H,7,8);1-2H,4-6H2. The van der Waals surface area contributed by atoms with Gasteiger partial charge in [0.1, 0.15) is 0 Å². The minimum absolute atomic E-state index is 0.471. The quantitative estimate of drug-likeness (QED) is 0.266. The van der Waals surface area contributed by atoms with E-state index in [1.807, 2.05) is 0 Å². The third-order valence-electron chi connectivity index (χ3n) is 1.21. The molecule has 1 rings (SSSR count). The normalized spacial score (nSPS) is 14.1. The zero-order chi connectivity index (χ0) is 13.4. The zero-order valence-corrected chi connectivity index (χ0v) is 8.59. The van der Waals surface area contributed by atoms with Crippen molar-refractivity contribution < 1.29 is 19.8 Å². The third-order valence-corrected chi connectivity index (χ3v) is 1.21. The summed E-state index contributed by atoms with van der Waals surface area (Å²) in [7, 11) is 0. The first-order chi connectivity index (χ1) is 7.82. The number of carbonyl (C=O) groups is 2. The van der Waals surface area contributed by atoms with Gasteiger partial charge in [-0.15, -0.1) is 10.3 Å². The molecule has 0 amide bonds. The maximum absolute atomic E-state index is 9.55. The molecule has 0 aromatic rings. The molecule has 0 unspecified atom stereocenters. The number of nitrogens with two attached hydrogens (primary N) is 3. The largest absolute Gasteiger partial charge is 0.478 e. The number of hydrogen-bond acceptors (Lipinski definition) is 8. The van der Waals surface area contributed by atoms with E-state index < -0.39 is 11.9 Å². The smallest absolute Gasteiger partial charge is 0.328 e. The lowest BCUT2D eigenvalue weighted by atomic mass is 10.5. The van der Waals surface area contributed by atoms with Gasteiger partial charge in [-0.05, 0) is 0 Å². The highest BCUT2D eigenvalue weighted by Gasteiger charge is 2.03. The van der Waals surface area contributed by atoms with E-state index in [1.54, 1.807) is 0 Å². The van der Waals surface area contributed by atoms with E-state index in [1.165, 1.54) is 12.4 Å². The highest BCUT2D eigenvalue weighted by Crippen LogP contribution is 1.93. The maximum atomic E-state index is 9.55. The topological polar surface area (TPSA) is 171 Å². The number of allylic oxidation sites excluding steroid dienone is 1. The Kier molecular flexibility index (Phi) is 5.78. The van der Waals surface area contributed by atoms with Gasteiger partial charge in [0, 0.05) is 12.2 Å². The molecule has 17 heavy (non-hydrogen) atoms. The maximum Gasteiger partial charge on any atom is 0.328 e. The van der Waals surface area contributed by atoms with Crippen LogP contribution in [0.5, 0.6) is 0 Å². The molecule has 94 valence electrons. The van der Waals surface area contributed by atoms with E-state index in [2.05, 4.69) is 5.10 Å². The number of hydrazine groups is 3. The van der Waals surface area contributed by atoms with E-state index in [-0.39, 0.29) is 0 Å². The first kappa shape index (κ1) is 14.4. The average Bonchev–Trinajstić information content (AvgIpc) is 2.22. The van der Waals surface area contributed by atoms with Gasteiger partial charge in [0.05, 0.1) is 18.1 Å². The zero-order valence-electron chi connectivity index (χ0n) is 8.59. The van der Waals surface area contributed by atoms with Crippen LogP contribution in [0.4, 0.5) is 0 Å². The van der Waals surface area contributed by atoms with Crippen LogP contribution in [0.2, 0.25) is 0 Å². The number of nitrogens with zero attached hydrogens (tertiary/aromatic N) is 3. The molecule has 10 nitrogen and oxygen atoms in total. The van der Waals surface area contributed by atoms with Crippen LogP contribution in [-0.2, 0) is 9.59 Å². The Morgan fingerprint density at radius 2 is 1.71 bits per heavy atom. The van der Waals surface area contributed by atoms with Gasteiger partial charge in [0.2, 0.25) is 0 Å². The Bertz CT molecular complexity index is 361. The summed E-state index contributed by atoms with van der Waals surface area (Å²) in [5.74, 6) is 7.90. The van der Waals surface area contributed by atoms with Gasteiger partial charge in [-0.2, -0.15) is 5.12 Å². The van der Waals surface area contributed by atoms with Gasteiger partial charge in [-0.1, -0.05) is 0 Å². The fourth-order valence-corrected chi connectivity index (χ4v) is 0.573. The van der Waals surface area contributed by atoms with Gasteiger partial charge in [0.15, 0.2) is 0 Å². The van der Waals surface area contributed by atoms with Crippen molar-refractivity contribution in [2.75, 3.05) is 0 Å². The Morgan fingerprint density at radius 3 is 2.00 bits per heavy atom. The summed E-state index contributed by atoms with van der Waals surface area (Å²) in [6, 6.07) is 0. The van der Waals surface area contributed by atoms with Crippen molar-refractivity contribution in [3.63, 3.8) is 0 Å². The highest BCUT2D eigenvalue weighted by molar-refractivity contribution is 5.89. The molecule has 0 aromatic carbocycles. The number of carboxylic acid groups (broad SMARTS) is 2. The Balaban J connectivity index is 0.000000304. The Hall–Kier alpha value is -2.59. The second-order valence-corrected chi connectivity index (χ2v) is 2.58. The summed E-state index contributed by atoms with van der Waals surface area (Å²) in [4.78, 5) is 19.1. The van der Waals surface area contributed by atoms with Crippen LogP contribution in [0.15, 0.2) is 29.2 Å². The van der Waals surface area contributed by atoms with Crippen molar-refractivity contribution in [2.45, 2.75) is 0 Å². The van der Waals surface area contributed by atoms with Crippen LogP contribution in [-0.4, -0.2) is 38.7 Å². The van der Waals surface area contributed by atoms with Crippen molar-refractivity contribution in [1.29, 1.82) is 0 Å². The van der Waals surface area contributed by atoms with Crippen LogP contribution in [0.25, 0.3) is 0 Å². The molecule has 0 aromatic heterocycles. The fraction of sp³-hybridized carbons (Fsp3) is 0. The van der Waals surface area contributed by atoms with Crippen molar-refractivity contribution in [3.05, 3.63) is 24.0 Å². The van der Waals surface area contributed by atoms with Crippen molar-refractivity contribution in [3.8, 4) is 0 Å². The van der Waals surface area contributed by atoms with Gasteiger partial charge < -0.3 is 15.9 Å². The number of hydrazone groups is 1. The minimum atomic E-state index is -1.26. The molecule has 0 saturated carbocycles. The van der Waals surface area contributed by atoms with E-state index in [4.69, 9.17) is 27.6 Å². The molecule has 0 aliphatic carbocycles. The molecule has 0 fully saturated rings. The van der Waals surface area contributed by atoms with Crippen LogP contribution in [0, 0.1) is 0 Å². The van der Waals surface area contributed by atoms with Crippen molar-refractivity contribution in [2.24, 2.45) is 22.5 Å². The predicted molar refractivity (Wildman–Crippen MR) is 57.2 cm³/mol. The summed E-state index contributed by atoms with van der Waals surface area (Å²) in [5, 5.41) is 21.3. The summed E-state index contributed by atoms with van der Waals surface area (Å²) < 4.78 is 0. The van der Waals surface area contributed by atoms with E-state index in [0.717, 1.165) is 10.3 Å². The fourth-order valence-electron chi connectivity index (χ4n) is 0.573. The first-order valence-electron chi connectivity index (χ1n) is 4.06. The molecule has 0 atom stereocenters. The van der Waals surface area contributed by atoms with Gasteiger partial charge >= 0.3 is 11.9 Å². The average molecular weight is 244 g/mol. The van der Waals surface area contributed by atoms with E-state index >= 15 is 0 Å². The number of carboxylic acids is 2. The van der Waals surface area contributed by atoms with Crippen LogP contribution < -0.4 is 17.4 Å². The SMILES string of the molecule is NC1=CN(N)N(N)N=C1.O=C(O)C=CC(=O)O. The molecule has 0 bridgehead atoms. The monoisotopic (exact) mass is 244 g/mol. The molecular weight excluding hydrogens is 232 g/mol. The number of rotatable bonds is 2. The molecular formula is C7H12N6O4. The second-order valence-electron chi connectivity index (χ2n) is 2.58. The molecule has 1 aliphatic heterocycles. The summed E-state index contributed by atoms with van der Waals surface area (Å²) in [6.45, 7) is 0. The summed E-state index contributed by atoms with van der Waals surface area (Å²) in [5.41, 5.74) is 5.77. The van der Waals surface area contributed by atoms with Crippen molar-refractivity contribution >= 4 is 18.2 Å². The van der Waals surface area contributed by atoms with Crippen LogP contribution in [0.1, 0.15) is 0 Å². The van der Waals surface area contributed by atoms with Gasteiger partial charge in [-0.25, -0.2) is 21.3 Å². The van der Waals surface area contributed by atoms with Crippen LogP contribution in [0.3, 0.4) is 0 Å². The van der Waals surface area contributed by atoms with Crippen LogP contribution >= 0.6 is 0 Å². The number of hydrogen-bond donors (Lipinski definition) is 5.